The summed E-state index contributed by atoms with van der Waals surface area (Å²) in [4.78, 5) is 13.7. The van der Waals surface area contributed by atoms with Crippen molar-refractivity contribution in [2.24, 2.45) is 5.73 Å². The van der Waals surface area contributed by atoms with Gasteiger partial charge in [0.2, 0.25) is 5.91 Å². The first-order valence-electron chi connectivity index (χ1n) is 6.49. The normalized spacial score (nSPS) is 27.9. The standard InChI is InChI=1S/C12H23N3O2/c1-17-10-3-2-6-15(7-10)8-11(12(13)16)14-9-4-5-9/h9-11,14H,2-8H2,1H3,(H2,13,16). The van der Waals surface area contributed by atoms with Gasteiger partial charge in [-0.1, -0.05) is 0 Å². The molecular weight excluding hydrogens is 218 g/mol. The molecule has 2 aliphatic rings. The van der Waals surface area contributed by atoms with E-state index in [1.54, 1.807) is 7.11 Å². The van der Waals surface area contributed by atoms with Crippen LogP contribution in [0.3, 0.4) is 0 Å². The van der Waals surface area contributed by atoms with Crippen LogP contribution in [0.1, 0.15) is 25.7 Å². The zero-order chi connectivity index (χ0) is 12.3. The molecule has 0 aromatic rings. The second-order valence-electron chi connectivity index (χ2n) is 5.16. The Balaban J connectivity index is 1.81. The lowest BCUT2D eigenvalue weighted by molar-refractivity contribution is -0.120. The highest BCUT2D eigenvalue weighted by Gasteiger charge is 2.29. The Morgan fingerprint density at radius 3 is 2.88 bits per heavy atom. The van der Waals surface area contributed by atoms with E-state index in [0.29, 0.717) is 18.7 Å². The number of ether oxygens (including phenoxy) is 1. The van der Waals surface area contributed by atoms with Crippen LogP contribution >= 0.6 is 0 Å². The first kappa shape index (κ1) is 12.8. The van der Waals surface area contributed by atoms with Gasteiger partial charge in [0.1, 0.15) is 0 Å². The fourth-order valence-electron chi connectivity index (χ4n) is 2.39. The molecule has 98 valence electrons. The molecule has 3 N–H and O–H groups in total. The van der Waals surface area contributed by atoms with Crippen molar-refractivity contribution in [3.63, 3.8) is 0 Å². The molecule has 0 spiro atoms. The van der Waals surface area contributed by atoms with Gasteiger partial charge in [-0.15, -0.1) is 0 Å². The van der Waals surface area contributed by atoms with Crippen LogP contribution in [-0.4, -0.2) is 55.7 Å². The van der Waals surface area contributed by atoms with Crippen molar-refractivity contribution in [2.75, 3.05) is 26.7 Å². The summed E-state index contributed by atoms with van der Waals surface area (Å²) >= 11 is 0. The summed E-state index contributed by atoms with van der Waals surface area (Å²) < 4.78 is 5.38. The molecule has 2 rings (SSSR count). The number of nitrogens with zero attached hydrogens (tertiary/aromatic N) is 1. The second kappa shape index (κ2) is 5.80. The fourth-order valence-corrected chi connectivity index (χ4v) is 2.39. The lowest BCUT2D eigenvalue weighted by Crippen LogP contribution is -2.52. The van der Waals surface area contributed by atoms with Gasteiger partial charge in [0.25, 0.3) is 0 Å². The van der Waals surface area contributed by atoms with Crippen LogP contribution in [0.15, 0.2) is 0 Å². The third-order valence-corrected chi connectivity index (χ3v) is 3.59. The van der Waals surface area contributed by atoms with Crippen molar-refractivity contribution in [3.05, 3.63) is 0 Å². The number of methoxy groups -OCH3 is 1. The number of nitrogens with one attached hydrogen (secondary N) is 1. The van der Waals surface area contributed by atoms with E-state index in [0.717, 1.165) is 25.9 Å². The van der Waals surface area contributed by atoms with Gasteiger partial charge in [0, 0.05) is 26.2 Å². The molecule has 17 heavy (non-hydrogen) atoms. The van der Waals surface area contributed by atoms with Crippen LogP contribution in [-0.2, 0) is 9.53 Å². The van der Waals surface area contributed by atoms with E-state index >= 15 is 0 Å². The fraction of sp³-hybridized carbons (Fsp3) is 0.917. The number of carbonyl (C=O) groups is 1. The van der Waals surface area contributed by atoms with Crippen LogP contribution in [0.5, 0.6) is 0 Å². The van der Waals surface area contributed by atoms with Crippen molar-refractivity contribution in [1.82, 2.24) is 10.2 Å². The van der Waals surface area contributed by atoms with Crippen molar-refractivity contribution < 1.29 is 9.53 Å². The second-order valence-corrected chi connectivity index (χ2v) is 5.16. The average Bonchev–Trinajstić information content (AvgIpc) is 3.12. The highest BCUT2D eigenvalue weighted by atomic mass is 16.5. The van der Waals surface area contributed by atoms with E-state index in [1.807, 2.05) is 0 Å². The first-order valence-corrected chi connectivity index (χ1v) is 6.49. The summed E-state index contributed by atoms with van der Waals surface area (Å²) in [6, 6.07) is 0.300. The number of likely N-dealkylation sites (tertiary alicyclic amines) is 1. The van der Waals surface area contributed by atoms with Gasteiger partial charge >= 0.3 is 0 Å². The molecule has 1 amide bonds. The van der Waals surface area contributed by atoms with Crippen molar-refractivity contribution >= 4 is 5.91 Å². The summed E-state index contributed by atoms with van der Waals surface area (Å²) in [7, 11) is 1.75. The highest BCUT2D eigenvalue weighted by Crippen LogP contribution is 2.20. The van der Waals surface area contributed by atoms with Crippen LogP contribution in [0.25, 0.3) is 0 Å². The van der Waals surface area contributed by atoms with Gasteiger partial charge in [-0.25, -0.2) is 0 Å². The largest absolute Gasteiger partial charge is 0.380 e. The quantitative estimate of drug-likeness (QED) is 0.670. The molecule has 5 nitrogen and oxygen atoms in total. The first-order chi connectivity index (χ1) is 8.19. The van der Waals surface area contributed by atoms with Gasteiger partial charge in [-0.3, -0.25) is 9.69 Å². The van der Waals surface area contributed by atoms with Crippen LogP contribution in [0, 0.1) is 0 Å². The number of rotatable bonds is 6. The number of amides is 1. The number of nitrogens with two attached hydrogens (primary N) is 1. The van der Waals surface area contributed by atoms with Crippen LogP contribution < -0.4 is 11.1 Å². The zero-order valence-corrected chi connectivity index (χ0v) is 10.5. The van der Waals surface area contributed by atoms with Crippen molar-refractivity contribution in [1.29, 1.82) is 0 Å². The molecular formula is C12H23N3O2. The van der Waals surface area contributed by atoms with E-state index < -0.39 is 0 Å². The average molecular weight is 241 g/mol. The Labute approximate surface area is 103 Å². The van der Waals surface area contributed by atoms with E-state index in [2.05, 4.69) is 10.2 Å². The molecule has 0 radical (unpaired) electrons. The Bertz CT molecular complexity index is 268. The molecule has 2 unspecified atom stereocenters. The van der Waals surface area contributed by atoms with Gasteiger partial charge in [-0.2, -0.15) is 0 Å². The number of primary amides is 1. The van der Waals surface area contributed by atoms with Crippen LogP contribution in [0.4, 0.5) is 0 Å². The Morgan fingerprint density at radius 2 is 2.29 bits per heavy atom. The molecule has 1 heterocycles. The Kier molecular flexibility index (Phi) is 4.36. The molecule has 1 aliphatic carbocycles. The third kappa shape index (κ3) is 3.94. The SMILES string of the molecule is COC1CCCN(CC(NC2CC2)C(N)=O)C1. The minimum atomic E-state index is -0.239. The van der Waals surface area contributed by atoms with Gasteiger partial charge in [-0.05, 0) is 32.2 Å². The topological polar surface area (TPSA) is 67.6 Å². The van der Waals surface area contributed by atoms with Crippen molar-refractivity contribution in [2.45, 2.75) is 43.9 Å². The minimum Gasteiger partial charge on any atom is -0.380 e. The maximum absolute atomic E-state index is 11.4. The van der Waals surface area contributed by atoms with E-state index in [9.17, 15) is 4.79 Å². The highest BCUT2D eigenvalue weighted by molar-refractivity contribution is 5.80. The molecule has 2 fully saturated rings. The summed E-state index contributed by atoms with van der Waals surface area (Å²) in [6.07, 6.45) is 4.89. The maximum Gasteiger partial charge on any atom is 0.235 e. The number of hydrogen-bond acceptors (Lipinski definition) is 4. The monoisotopic (exact) mass is 241 g/mol. The smallest absolute Gasteiger partial charge is 0.235 e. The maximum atomic E-state index is 11.4. The van der Waals surface area contributed by atoms with E-state index in [4.69, 9.17) is 10.5 Å². The Morgan fingerprint density at radius 1 is 1.53 bits per heavy atom. The Hall–Kier alpha value is -0.650. The molecule has 1 saturated heterocycles. The molecule has 2 atom stereocenters. The molecule has 1 saturated carbocycles. The predicted octanol–water partition coefficient (Wildman–Crippen LogP) is -0.297. The zero-order valence-electron chi connectivity index (χ0n) is 10.5. The van der Waals surface area contributed by atoms with Crippen molar-refractivity contribution in [3.8, 4) is 0 Å². The van der Waals surface area contributed by atoms with E-state index in [-0.39, 0.29) is 11.9 Å². The molecule has 1 aliphatic heterocycles. The third-order valence-electron chi connectivity index (χ3n) is 3.59. The molecule has 0 aromatic carbocycles. The summed E-state index contributed by atoms with van der Waals surface area (Å²) in [5.74, 6) is -0.239. The lowest BCUT2D eigenvalue weighted by atomic mass is 10.1. The number of carbonyl (C=O) groups excluding carboxylic acids is 1. The van der Waals surface area contributed by atoms with Gasteiger partial charge in [0.05, 0.1) is 12.1 Å². The minimum absolute atomic E-state index is 0.210. The van der Waals surface area contributed by atoms with E-state index in [1.165, 1.54) is 12.8 Å². The number of piperidine rings is 1. The molecule has 0 bridgehead atoms. The summed E-state index contributed by atoms with van der Waals surface area (Å²) in [5, 5.41) is 3.31. The summed E-state index contributed by atoms with van der Waals surface area (Å²) in [6.45, 7) is 2.66. The lowest BCUT2D eigenvalue weighted by Gasteiger charge is -2.33. The summed E-state index contributed by atoms with van der Waals surface area (Å²) in [5.41, 5.74) is 5.44. The number of hydrogen-bond donors (Lipinski definition) is 2. The molecule has 0 aromatic heterocycles. The predicted molar refractivity (Wildman–Crippen MR) is 65.6 cm³/mol. The van der Waals surface area contributed by atoms with Crippen LogP contribution in [0.2, 0.25) is 0 Å². The molecule has 5 heteroatoms. The van der Waals surface area contributed by atoms with Gasteiger partial charge in [0.15, 0.2) is 0 Å². The van der Waals surface area contributed by atoms with Gasteiger partial charge < -0.3 is 15.8 Å².